The number of furan rings is 1. The molecule has 3 heteroatoms. The third-order valence-corrected chi connectivity index (χ3v) is 3.34. The number of halogens is 1. The van der Waals surface area contributed by atoms with Crippen LogP contribution in [0.2, 0.25) is 5.02 Å². The number of rotatable bonds is 2. The minimum absolute atomic E-state index is 0.530. The van der Waals surface area contributed by atoms with E-state index in [0.717, 1.165) is 16.3 Å². The fraction of sp³-hybridized carbons (Fsp3) is 0.0667. The maximum Gasteiger partial charge on any atom is 0.137 e. The molecule has 3 aromatic rings. The van der Waals surface area contributed by atoms with Crippen LogP contribution in [-0.4, -0.2) is 5.11 Å². The van der Waals surface area contributed by atoms with Crippen molar-refractivity contribution in [1.29, 1.82) is 0 Å². The summed E-state index contributed by atoms with van der Waals surface area (Å²) in [6, 6.07) is 14.9. The second-order valence-electron chi connectivity index (χ2n) is 4.10. The van der Waals surface area contributed by atoms with Gasteiger partial charge in [-0.1, -0.05) is 41.9 Å². The van der Waals surface area contributed by atoms with E-state index in [1.54, 1.807) is 24.5 Å². The Morgan fingerprint density at radius 2 is 1.72 bits per heavy atom. The zero-order valence-electron chi connectivity index (χ0n) is 9.51. The monoisotopic (exact) mass is 258 g/mol. The first-order chi connectivity index (χ1) is 8.77. The maximum atomic E-state index is 10.3. The Morgan fingerprint density at radius 1 is 0.944 bits per heavy atom. The minimum Gasteiger partial charge on any atom is -0.466 e. The van der Waals surface area contributed by atoms with E-state index < -0.39 is 6.10 Å². The summed E-state index contributed by atoms with van der Waals surface area (Å²) < 4.78 is 5.25. The highest BCUT2D eigenvalue weighted by atomic mass is 35.5. The number of hydrogen-bond acceptors (Lipinski definition) is 2. The van der Waals surface area contributed by atoms with Crippen molar-refractivity contribution in [3.05, 3.63) is 71.1 Å². The van der Waals surface area contributed by atoms with Gasteiger partial charge < -0.3 is 9.52 Å². The predicted octanol–water partition coefficient (Wildman–Crippen LogP) is 4.17. The lowest BCUT2D eigenvalue weighted by molar-refractivity contribution is 0.191. The largest absolute Gasteiger partial charge is 0.466 e. The molecule has 1 N–H and O–H groups in total. The topological polar surface area (TPSA) is 33.4 Å². The molecule has 2 aromatic carbocycles. The van der Waals surface area contributed by atoms with Crippen molar-refractivity contribution < 1.29 is 9.52 Å². The third kappa shape index (κ3) is 1.80. The highest BCUT2D eigenvalue weighted by molar-refractivity contribution is 6.35. The van der Waals surface area contributed by atoms with Crippen molar-refractivity contribution in [3.63, 3.8) is 0 Å². The summed E-state index contributed by atoms with van der Waals surface area (Å²) in [5, 5.41) is 12.9. The van der Waals surface area contributed by atoms with Gasteiger partial charge in [0.05, 0.1) is 6.26 Å². The Balaban J connectivity index is 2.21. The molecule has 0 bridgehead atoms. The molecule has 3 rings (SSSR count). The average molecular weight is 259 g/mol. The van der Waals surface area contributed by atoms with E-state index in [0.29, 0.717) is 10.8 Å². The van der Waals surface area contributed by atoms with Gasteiger partial charge in [0.2, 0.25) is 0 Å². The van der Waals surface area contributed by atoms with Crippen LogP contribution in [-0.2, 0) is 0 Å². The normalized spacial score (nSPS) is 12.8. The smallest absolute Gasteiger partial charge is 0.137 e. The van der Waals surface area contributed by atoms with Gasteiger partial charge in [0, 0.05) is 10.4 Å². The Kier molecular flexibility index (Phi) is 2.82. The lowest BCUT2D eigenvalue weighted by Crippen LogP contribution is -1.99. The van der Waals surface area contributed by atoms with Crippen LogP contribution in [0.4, 0.5) is 0 Å². The summed E-state index contributed by atoms with van der Waals surface area (Å²) >= 11 is 6.15. The molecular weight excluding hydrogens is 248 g/mol. The summed E-state index contributed by atoms with van der Waals surface area (Å²) in [6.45, 7) is 0. The van der Waals surface area contributed by atoms with Crippen molar-refractivity contribution in [2.75, 3.05) is 0 Å². The predicted molar refractivity (Wildman–Crippen MR) is 71.7 cm³/mol. The van der Waals surface area contributed by atoms with Gasteiger partial charge in [0.25, 0.3) is 0 Å². The quantitative estimate of drug-likeness (QED) is 0.748. The van der Waals surface area contributed by atoms with E-state index >= 15 is 0 Å². The van der Waals surface area contributed by atoms with Gasteiger partial charge in [0.15, 0.2) is 0 Å². The standard InChI is InChI=1S/C15H11ClO2/c16-13-8-7-12(10-4-1-2-5-11(10)13)15(17)14-6-3-9-18-14/h1-9,15,17H. The van der Waals surface area contributed by atoms with Gasteiger partial charge in [-0.25, -0.2) is 0 Å². The first-order valence-corrected chi connectivity index (χ1v) is 6.04. The van der Waals surface area contributed by atoms with Crippen LogP contribution in [0.25, 0.3) is 10.8 Å². The lowest BCUT2D eigenvalue weighted by atomic mass is 9.99. The van der Waals surface area contributed by atoms with Gasteiger partial charge in [-0.05, 0) is 29.1 Å². The maximum absolute atomic E-state index is 10.3. The molecule has 1 unspecified atom stereocenters. The van der Waals surface area contributed by atoms with Crippen LogP contribution >= 0.6 is 11.6 Å². The Labute approximate surface area is 109 Å². The molecule has 2 nitrogen and oxygen atoms in total. The van der Waals surface area contributed by atoms with E-state index in [1.807, 2.05) is 30.3 Å². The van der Waals surface area contributed by atoms with E-state index in [9.17, 15) is 5.11 Å². The molecule has 0 saturated heterocycles. The van der Waals surface area contributed by atoms with E-state index in [2.05, 4.69) is 0 Å². The molecule has 0 saturated carbocycles. The molecule has 1 heterocycles. The van der Waals surface area contributed by atoms with Gasteiger partial charge in [-0.3, -0.25) is 0 Å². The molecular formula is C15H11ClO2. The van der Waals surface area contributed by atoms with Gasteiger partial charge >= 0.3 is 0 Å². The molecule has 1 aromatic heterocycles. The van der Waals surface area contributed by atoms with E-state index in [1.165, 1.54) is 0 Å². The fourth-order valence-corrected chi connectivity index (χ4v) is 2.35. The summed E-state index contributed by atoms with van der Waals surface area (Å²) in [5.41, 5.74) is 0.796. The summed E-state index contributed by atoms with van der Waals surface area (Å²) in [7, 11) is 0. The van der Waals surface area contributed by atoms with Crippen LogP contribution in [0, 0.1) is 0 Å². The van der Waals surface area contributed by atoms with Crippen molar-refractivity contribution in [3.8, 4) is 0 Å². The van der Waals surface area contributed by atoms with E-state index in [-0.39, 0.29) is 0 Å². The van der Waals surface area contributed by atoms with Crippen LogP contribution in [0.5, 0.6) is 0 Å². The minimum atomic E-state index is -0.776. The number of fused-ring (bicyclic) bond motifs is 1. The Morgan fingerprint density at radius 3 is 2.44 bits per heavy atom. The molecule has 0 fully saturated rings. The molecule has 0 spiro atoms. The highest BCUT2D eigenvalue weighted by Gasteiger charge is 2.16. The molecule has 0 aliphatic rings. The van der Waals surface area contributed by atoms with E-state index in [4.69, 9.17) is 16.0 Å². The number of hydrogen-bond donors (Lipinski definition) is 1. The summed E-state index contributed by atoms with van der Waals surface area (Å²) in [5.74, 6) is 0.530. The third-order valence-electron chi connectivity index (χ3n) is 3.01. The highest BCUT2D eigenvalue weighted by Crippen LogP contribution is 2.32. The molecule has 0 radical (unpaired) electrons. The second kappa shape index (κ2) is 4.48. The molecule has 0 aliphatic carbocycles. The Bertz CT molecular complexity index is 674. The van der Waals surface area contributed by atoms with Crippen molar-refractivity contribution in [1.82, 2.24) is 0 Å². The summed E-state index contributed by atoms with van der Waals surface area (Å²) in [6.07, 6.45) is 0.776. The molecule has 18 heavy (non-hydrogen) atoms. The average Bonchev–Trinajstić information content (AvgIpc) is 2.93. The first kappa shape index (κ1) is 11.3. The zero-order chi connectivity index (χ0) is 12.5. The van der Waals surface area contributed by atoms with Crippen LogP contribution in [0.3, 0.4) is 0 Å². The van der Waals surface area contributed by atoms with Crippen molar-refractivity contribution in [2.24, 2.45) is 0 Å². The first-order valence-electron chi connectivity index (χ1n) is 5.66. The molecule has 0 amide bonds. The van der Waals surface area contributed by atoms with Gasteiger partial charge in [-0.15, -0.1) is 0 Å². The summed E-state index contributed by atoms with van der Waals surface area (Å²) in [4.78, 5) is 0. The van der Waals surface area contributed by atoms with Crippen LogP contribution in [0.15, 0.2) is 59.2 Å². The molecule has 0 aliphatic heterocycles. The molecule has 1 atom stereocenters. The number of aliphatic hydroxyl groups excluding tert-OH is 1. The van der Waals surface area contributed by atoms with Crippen LogP contribution in [0.1, 0.15) is 17.4 Å². The second-order valence-corrected chi connectivity index (χ2v) is 4.51. The Hall–Kier alpha value is -1.77. The SMILES string of the molecule is OC(c1ccco1)c1ccc(Cl)c2ccccc12. The van der Waals surface area contributed by atoms with Gasteiger partial charge in [-0.2, -0.15) is 0 Å². The fourth-order valence-electron chi connectivity index (χ4n) is 2.12. The van der Waals surface area contributed by atoms with Crippen molar-refractivity contribution in [2.45, 2.75) is 6.10 Å². The van der Waals surface area contributed by atoms with Crippen LogP contribution < -0.4 is 0 Å². The lowest BCUT2D eigenvalue weighted by Gasteiger charge is -2.12. The molecule has 90 valence electrons. The van der Waals surface area contributed by atoms with Crippen molar-refractivity contribution >= 4 is 22.4 Å². The zero-order valence-corrected chi connectivity index (χ0v) is 10.3. The number of benzene rings is 2. The number of aliphatic hydroxyl groups is 1. The van der Waals surface area contributed by atoms with Gasteiger partial charge in [0.1, 0.15) is 11.9 Å².